The van der Waals surface area contributed by atoms with Gasteiger partial charge in [-0.2, -0.15) is 0 Å². The van der Waals surface area contributed by atoms with Gasteiger partial charge in [0.05, 0.1) is 12.3 Å². The number of H-pyrrole nitrogens is 1. The van der Waals surface area contributed by atoms with Gasteiger partial charge >= 0.3 is 5.97 Å². The molecule has 6 nitrogen and oxygen atoms in total. The molecule has 6 heteroatoms. The van der Waals surface area contributed by atoms with E-state index in [1.54, 1.807) is 31.5 Å². The molecule has 0 aliphatic heterocycles. The molecule has 0 atom stereocenters. The van der Waals surface area contributed by atoms with Gasteiger partial charge in [0.15, 0.2) is 5.65 Å². The summed E-state index contributed by atoms with van der Waals surface area (Å²) in [4.78, 5) is 23.6. The van der Waals surface area contributed by atoms with Crippen molar-refractivity contribution in [3.8, 4) is 17.0 Å². The minimum Gasteiger partial charge on any atom is -0.508 e. The minimum absolute atomic E-state index is 0.203. The fourth-order valence-electron chi connectivity index (χ4n) is 2.54. The monoisotopic (exact) mass is 311 g/mol. The molecule has 0 spiro atoms. The zero-order chi connectivity index (χ0) is 16.2. The third-order valence-electron chi connectivity index (χ3n) is 3.57. The first-order chi connectivity index (χ1) is 11.2. The van der Waals surface area contributed by atoms with Crippen molar-refractivity contribution in [1.82, 2.24) is 15.0 Å². The van der Waals surface area contributed by atoms with Crippen LogP contribution in [0.4, 0.5) is 0 Å². The maximum atomic E-state index is 11.7. The number of phenolic OH excluding ortho intramolecular Hbond substituents is 1. The molecule has 0 radical (unpaired) electrons. The van der Waals surface area contributed by atoms with Crippen molar-refractivity contribution in [3.63, 3.8) is 0 Å². The Bertz CT molecular complexity index is 825. The Hall–Kier alpha value is -2.89. The first kappa shape index (κ1) is 15.0. The third-order valence-corrected chi connectivity index (χ3v) is 3.57. The van der Waals surface area contributed by atoms with Crippen LogP contribution >= 0.6 is 0 Å². The van der Waals surface area contributed by atoms with Gasteiger partial charge in [-0.05, 0) is 43.2 Å². The van der Waals surface area contributed by atoms with E-state index in [1.165, 1.54) is 0 Å². The highest BCUT2D eigenvalue weighted by molar-refractivity contribution is 5.86. The van der Waals surface area contributed by atoms with Crippen LogP contribution in [0.5, 0.6) is 5.75 Å². The number of ether oxygens (including phenoxy) is 1. The highest BCUT2D eigenvalue weighted by atomic mass is 16.5. The SMILES string of the molecule is CCOC(=O)CCc1c(-c2ccc(O)cc2)[nH]c2nccnc12. The Morgan fingerprint density at radius 3 is 2.70 bits per heavy atom. The molecule has 0 amide bonds. The lowest BCUT2D eigenvalue weighted by Crippen LogP contribution is -2.05. The van der Waals surface area contributed by atoms with E-state index in [0.29, 0.717) is 18.7 Å². The molecule has 2 aromatic heterocycles. The standard InChI is InChI=1S/C17H17N3O3/c1-2-23-14(22)8-7-13-15(11-3-5-12(21)6-4-11)20-17-16(13)18-9-10-19-17/h3-6,9-10,21H,2,7-8H2,1H3,(H,19,20). The average Bonchev–Trinajstić information content (AvgIpc) is 2.92. The average molecular weight is 311 g/mol. The first-order valence-corrected chi connectivity index (χ1v) is 7.45. The molecule has 0 saturated heterocycles. The Kier molecular flexibility index (Phi) is 4.23. The zero-order valence-corrected chi connectivity index (χ0v) is 12.7. The lowest BCUT2D eigenvalue weighted by Gasteiger charge is -2.05. The van der Waals surface area contributed by atoms with E-state index in [0.717, 1.165) is 22.3 Å². The number of aryl methyl sites for hydroxylation is 1. The number of carbonyl (C=O) groups excluding carboxylic acids is 1. The maximum absolute atomic E-state index is 11.7. The highest BCUT2D eigenvalue weighted by Gasteiger charge is 2.16. The lowest BCUT2D eigenvalue weighted by molar-refractivity contribution is -0.143. The summed E-state index contributed by atoms with van der Waals surface area (Å²) in [5, 5.41) is 9.45. The fraction of sp³-hybridized carbons (Fsp3) is 0.235. The van der Waals surface area contributed by atoms with Gasteiger partial charge in [-0.15, -0.1) is 0 Å². The van der Waals surface area contributed by atoms with Crippen molar-refractivity contribution in [1.29, 1.82) is 0 Å². The van der Waals surface area contributed by atoms with Gasteiger partial charge in [0.1, 0.15) is 11.3 Å². The molecule has 0 aliphatic carbocycles. The molecule has 2 heterocycles. The van der Waals surface area contributed by atoms with Crippen LogP contribution in [0.2, 0.25) is 0 Å². The molecular formula is C17H17N3O3. The fourth-order valence-corrected chi connectivity index (χ4v) is 2.54. The van der Waals surface area contributed by atoms with E-state index < -0.39 is 0 Å². The Labute approximate surface area is 133 Å². The van der Waals surface area contributed by atoms with Gasteiger partial charge in [-0.3, -0.25) is 9.78 Å². The summed E-state index contributed by atoms with van der Waals surface area (Å²) >= 11 is 0. The molecule has 0 fully saturated rings. The number of nitrogens with zero attached hydrogens (tertiary/aromatic N) is 2. The highest BCUT2D eigenvalue weighted by Crippen LogP contribution is 2.30. The molecule has 0 aliphatic rings. The summed E-state index contributed by atoms with van der Waals surface area (Å²) in [6.45, 7) is 2.16. The predicted molar refractivity (Wildman–Crippen MR) is 85.9 cm³/mol. The number of esters is 1. The number of benzene rings is 1. The maximum Gasteiger partial charge on any atom is 0.306 e. The van der Waals surface area contributed by atoms with Gasteiger partial charge in [0.2, 0.25) is 0 Å². The number of fused-ring (bicyclic) bond motifs is 1. The molecule has 0 unspecified atom stereocenters. The molecule has 0 bridgehead atoms. The van der Waals surface area contributed by atoms with Gasteiger partial charge in [0.25, 0.3) is 0 Å². The number of nitrogens with one attached hydrogen (secondary N) is 1. The van der Waals surface area contributed by atoms with E-state index in [2.05, 4.69) is 15.0 Å². The number of aromatic hydroxyl groups is 1. The van der Waals surface area contributed by atoms with Gasteiger partial charge in [-0.1, -0.05) is 0 Å². The van der Waals surface area contributed by atoms with Crippen LogP contribution in [0.1, 0.15) is 18.9 Å². The Balaban J connectivity index is 2.01. The second kappa shape index (κ2) is 6.48. The van der Waals surface area contributed by atoms with Crippen molar-refractivity contribution in [2.45, 2.75) is 19.8 Å². The molecule has 3 aromatic rings. The number of phenols is 1. The normalized spacial score (nSPS) is 10.8. The summed E-state index contributed by atoms with van der Waals surface area (Å²) in [7, 11) is 0. The van der Waals surface area contributed by atoms with Crippen LogP contribution in [0.15, 0.2) is 36.7 Å². The largest absolute Gasteiger partial charge is 0.508 e. The zero-order valence-electron chi connectivity index (χ0n) is 12.7. The molecule has 1 aromatic carbocycles. The quantitative estimate of drug-likeness (QED) is 0.707. The van der Waals surface area contributed by atoms with E-state index in [-0.39, 0.29) is 18.1 Å². The minimum atomic E-state index is -0.234. The van der Waals surface area contributed by atoms with E-state index >= 15 is 0 Å². The van der Waals surface area contributed by atoms with E-state index in [4.69, 9.17) is 4.74 Å². The van der Waals surface area contributed by atoms with Gasteiger partial charge in [0, 0.05) is 24.4 Å². The van der Waals surface area contributed by atoms with Crippen LogP contribution in [0.3, 0.4) is 0 Å². The van der Waals surface area contributed by atoms with E-state index in [9.17, 15) is 9.90 Å². The molecular weight excluding hydrogens is 294 g/mol. The summed E-state index contributed by atoms with van der Waals surface area (Å²) < 4.78 is 5.00. The van der Waals surface area contributed by atoms with E-state index in [1.807, 2.05) is 12.1 Å². The van der Waals surface area contributed by atoms with Gasteiger partial charge in [-0.25, -0.2) is 4.98 Å². The van der Waals surface area contributed by atoms with Crippen molar-refractivity contribution in [3.05, 3.63) is 42.2 Å². The first-order valence-electron chi connectivity index (χ1n) is 7.45. The molecule has 0 saturated carbocycles. The van der Waals surface area contributed by atoms with Crippen molar-refractivity contribution in [2.75, 3.05) is 6.61 Å². The second-order valence-corrected chi connectivity index (χ2v) is 5.08. The number of hydrogen-bond acceptors (Lipinski definition) is 5. The summed E-state index contributed by atoms with van der Waals surface area (Å²) in [6.07, 6.45) is 4.04. The molecule has 2 N–H and O–H groups in total. The lowest BCUT2D eigenvalue weighted by atomic mass is 10.0. The summed E-state index contributed by atoms with van der Waals surface area (Å²) in [6, 6.07) is 6.87. The number of aromatic amines is 1. The van der Waals surface area contributed by atoms with Crippen molar-refractivity contribution in [2.24, 2.45) is 0 Å². The Morgan fingerprint density at radius 1 is 1.22 bits per heavy atom. The third kappa shape index (κ3) is 3.15. The van der Waals surface area contributed by atoms with Crippen molar-refractivity contribution >= 4 is 17.1 Å². The van der Waals surface area contributed by atoms with Crippen LogP contribution < -0.4 is 0 Å². The molecule has 23 heavy (non-hydrogen) atoms. The van der Waals surface area contributed by atoms with Gasteiger partial charge < -0.3 is 14.8 Å². The summed E-state index contributed by atoms with van der Waals surface area (Å²) in [5.41, 5.74) is 4.11. The number of rotatable bonds is 5. The topological polar surface area (TPSA) is 88.1 Å². The van der Waals surface area contributed by atoms with Crippen LogP contribution in [0, 0.1) is 0 Å². The molecule has 118 valence electrons. The summed E-state index contributed by atoms with van der Waals surface area (Å²) in [5.74, 6) is -0.0309. The Morgan fingerprint density at radius 2 is 1.96 bits per heavy atom. The number of carbonyl (C=O) groups is 1. The van der Waals surface area contributed by atoms with Crippen LogP contribution in [-0.4, -0.2) is 32.6 Å². The van der Waals surface area contributed by atoms with Crippen LogP contribution in [0.25, 0.3) is 22.4 Å². The van der Waals surface area contributed by atoms with Crippen LogP contribution in [-0.2, 0) is 16.0 Å². The second-order valence-electron chi connectivity index (χ2n) is 5.08. The smallest absolute Gasteiger partial charge is 0.306 e. The number of hydrogen-bond donors (Lipinski definition) is 2. The van der Waals surface area contributed by atoms with Crippen molar-refractivity contribution < 1.29 is 14.6 Å². The predicted octanol–water partition coefficient (Wildman–Crippen LogP) is 2.83. The molecule has 3 rings (SSSR count). The number of aromatic nitrogens is 3.